The van der Waals surface area contributed by atoms with E-state index >= 15 is 0 Å². The predicted molar refractivity (Wildman–Crippen MR) is 126 cm³/mol. The number of alkyl halides is 2. The molecule has 2 heterocycles. The number of ether oxygens (including phenoxy) is 1. The zero-order valence-corrected chi connectivity index (χ0v) is 19.2. The number of oxime groups is 1. The average Bonchev–Trinajstić information content (AvgIpc) is 3.28. The maximum Gasteiger partial charge on any atom is 0.482 e. The number of nitrogens with zero attached hydrogens (tertiary/aromatic N) is 4. The maximum atomic E-state index is 14.2. The number of benzene rings is 2. The molecular weight excluding hydrogens is 476 g/mol. The van der Waals surface area contributed by atoms with E-state index in [1.54, 1.807) is 18.2 Å². The van der Waals surface area contributed by atoms with Gasteiger partial charge in [-0.05, 0) is 42.7 Å². The smallest absolute Gasteiger partial charge is 0.425 e. The molecular formula is C24H19F2N5O3S. The number of amides is 1. The second-order valence-corrected chi connectivity index (χ2v) is 8.12. The molecule has 0 aliphatic carbocycles. The summed E-state index contributed by atoms with van der Waals surface area (Å²) in [5, 5.41) is 10.4. The molecule has 2 aromatic carbocycles. The van der Waals surface area contributed by atoms with Gasteiger partial charge in [-0.25, -0.2) is 4.98 Å². The highest BCUT2D eigenvalue weighted by Crippen LogP contribution is 2.23. The molecule has 0 aliphatic rings. The van der Waals surface area contributed by atoms with Crippen LogP contribution in [0.4, 0.5) is 14.6 Å². The lowest BCUT2D eigenvalue weighted by atomic mass is 10.1. The highest BCUT2D eigenvalue weighted by molar-refractivity contribution is 7.05. The second-order valence-electron chi connectivity index (χ2n) is 7.16. The van der Waals surface area contributed by atoms with Gasteiger partial charge in [-0.1, -0.05) is 64.2 Å². The van der Waals surface area contributed by atoms with Gasteiger partial charge in [0.1, 0.15) is 23.0 Å². The summed E-state index contributed by atoms with van der Waals surface area (Å²) in [6, 6.07) is 21.2. The molecule has 0 saturated carbocycles. The van der Waals surface area contributed by atoms with E-state index in [-0.39, 0.29) is 18.2 Å². The Bertz CT molecular complexity index is 1320. The van der Waals surface area contributed by atoms with E-state index in [9.17, 15) is 13.6 Å². The van der Waals surface area contributed by atoms with Crippen molar-refractivity contribution in [3.63, 3.8) is 0 Å². The highest BCUT2D eigenvalue weighted by Gasteiger charge is 2.42. The van der Waals surface area contributed by atoms with Crippen molar-refractivity contribution < 1.29 is 23.1 Å². The molecule has 0 spiro atoms. The molecule has 2 aromatic heterocycles. The lowest BCUT2D eigenvalue weighted by Gasteiger charge is -2.17. The van der Waals surface area contributed by atoms with Crippen LogP contribution >= 0.6 is 11.5 Å². The van der Waals surface area contributed by atoms with Crippen molar-refractivity contribution >= 4 is 29.0 Å². The number of hydrogen-bond donors (Lipinski definition) is 1. The van der Waals surface area contributed by atoms with Gasteiger partial charge in [-0.3, -0.25) is 4.79 Å². The van der Waals surface area contributed by atoms with Crippen LogP contribution in [0.1, 0.15) is 21.8 Å². The van der Waals surface area contributed by atoms with E-state index in [0.717, 1.165) is 10.4 Å². The SMILES string of the molecule is Cc1snnc1/C(=N\OCc1cccc(NC(=O)C(F)(F)Oc2ccccc2)n1)c1ccccc1. The second kappa shape index (κ2) is 10.8. The molecule has 0 bridgehead atoms. The molecule has 178 valence electrons. The molecule has 0 fully saturated rings. The monoisotopic (exact) mass is 495 g/mol. The van der Waals surface area contributed by atoms with E-state index in [1.807, 2.05) is 37.3 Å². The summed E-state index contributed by atoms with van der Waals surface area (Å²) in [5.74, 6) is -1.87. The molecule has 8 nitrogen and oxygen atoms in total. The Morgan fingerprint density at radius 1 is 1.03 bits per heavy atom. The van der Waals surface area contributed by atoms with E-state index in [2.05, 4.69) is 29.8 Å². The fourth-order valence-corrected chi connectivity index (χ4v) is 3.41. The number of para-hydroxylation sites is 1. The van der Waals surface area contributed by atoms with E-state index in [1.165, 1.54) is 41.9 Å². The number of aryl methyl sites for hydroxylation is 1. The Hall–Kier alpha value is -4.25. The molecule has 11 heteroatoms. The Morgan fingerprint density at radius 3 is 2.43 bits per heavy atom. The van der Waals surface area contributed by atoms with Crippen molar-refractivity contribution in [2.24, 2.45) is 5.16 Å². The summed E-state index contributed by atoms with van der Waals surface area (Å²) in [6.07, 6.45) is -4.09. The van der Waals surface area contributed by atoms with Crippen molar-refractivity contribution in [1.29, 1.82) is 0 Å². The number of pyridine rings is 1. The molecule has 0 unspecified atom stereocenters. The summed E-state index contributed by atoms with van der Waals surface area (Å²) in [4.78, 5) is 22.6. The first-order valence-corrected chi connectivity index (χ1v) is 11.1. The molecule has 1 N–H and O–H groups in total. The van der Waals surface area contributed by atoms with Crippen molar-refractivity contribution in [3.05, 3.63) is 101 Å². The van der Waals surface area contributed by atoms with Crippen LogP contribution in [0.2, 0.25) is 0 Å². The number of anilines is 1. The summed E-state index contributed by atoms with van der Waals surface area (Å²) in [5.41, 5.74) is 2.24. The third-order valence-electron chi connectivity index (χ3n) is 4.59. The Morgan fingerprint density at radius 2 is 1.74 bits per heavy atom. The summed E-state index contributed by atoms with van der Waals surface area (Å²) >= 11 is 1.25. The lowest BCUT2D eigenvalue weighted by molar-refractivity contribution is -0.187. The standard InChI is InChI=1S/C24H19F2N5O3S/c1-16-21(29-31-35-16)22(17-9-4-2-5-10-17)30-33-15-18-11-8-14-20(27-18)28-23(32)24(25,26)34-19-12-6-3-7-13-19/h2-14H,15H2,1H3,(H,27,28,32)/b30-22-. The van der Waals surface area contributed by atoms with Gasteiger partial charge in [-0.2, -0.15) is 8.78 Å². The number of carbonyl (C=O) groups excluding carboxylic acids is 1. The van der Waals surface area contributed by atoms with Crippen molar-refractivity contribution in [2.75, 3.05) is 5.32 Å². The Labute approximate surface area is 203 Å². The first kappa shape index (κ1) is 23.9. The van der Waals surface area contributed by atoms with E-state index in [0.29, 0.717) is 17.1 Å². The number of halogens is 2. The first-order valence-electron chi connectivity index (χ1n) is 10.4. The molecule has 0 radical (unpaired) electrons. The highest BCUT2D eigenvalue weighted by atomic mass is 32.1. The number of aromatic nitrogens is 3. The van der Waals surface area contributed by atoms with Crippen LogP contribution in [0.15, 0.2) is 84.0 Å². The number of hydrogen-bond acceptors (Lipinski definition) is 8. The fraction of sp³-hybridized carbons (Fsp3) is 0.125. The minimum Gasteiger partial charge on any atom is -0.425 e. The van der Waals surface area contributed by atoms with E-state index in [4.69, 9.17) is 4.84 Å². The minimum absolute atomic E-state index is 0.0758. The van der Waals surface area contributed by atoms with Crippen LogP contribution in [0.25, 0.3) is 0 Å². The number of nitrogens with one attached hydrogen (secondary N) is 1. The minimum atomic E-state index is -4.09. The van der Waals surface area contributed by atoms with Crippen LogP contribution in [0, 0.1) is 6.92 Å². The van der Waals surface area contributed by atoms with Crippen LogP contribution in [0.5, 0.6) is 5.75 Å². The topological polar surface area (TPSA) is 98.6 Å². The number of rotatable bonds is 9. The van der Waals surface area contributed by atoms with Gasteiger partial charge in [0.05, 0.1) is 10.6 Å². The fourth-order valence-electron chi connectivity index (χ4n) is 2.94. The van der Waals surface area contributed by atoms with Crippen LogP contribution in [-0.2, 0) is 16.2 Å². The zero-order valence-electron chi connectivity index (χ0n) is 18.4. The van der Waals surface area contributed by atoms with Gasteiger partial charge < -0.3 is 14.9 Å². The quantitative estimate of drug-likeness (QED) is 0.264. The van der Waals surface area contributed by atoms with Gasteiger partial charge in [0, 0.05) is 5.56 Å². The van der Waals surface area contributed by atoms with Crippen molar-refractivity contribution in [2.45, 2.75) is 19.6 Å². The van der Waals surface area contributed by atoms with Gasteiger partial charge in [0.2, 0.25) is 0 Å². The zero-order chi connectivity index (χ0) is 24.7. The number of carbonyl (C=O) groups is 1. The Kier molecular flexibility index (Phi) is 7.36. The lowest BCUT2D eigenvalue weighted by Crippen LogP contribution is -2.40. The van der Waals surface area contributed by atoms with Crippen molar-refractivity contribution in [1.82, 2.24) is 14.6 Å². The molecule has 0 atom stereocenters. The summed E-state index contributed by atoms with van der Waals surface area (Å²) < 4.78 is 36.9. The first-order chi connectivity index (χ1) is 16.9. The van der Waals surface area contributed by atoms with Crippen LogP contribution in [0.3, 0.4) is 0 Å². The maximum absolute atomic E-state index is 14.2. The summed E-state index contributed by atoms with van der Waals surface area (Å²) in [6.45, 7) is 1.80. The van der Waals surface area contributed by atoms with Gasteiger partial charge in [0.15, 0.2) is 6.61 Å². The molecule has 35 heavy (non-hydrogen) atoms. The summed E-state index contributed by atoms with van der Waals surface area (Å²) in [7, 11) is 0. The molecule has 4 rings (SSSR count). The normalized spacial score (nSPS) is 11.7. The van der Waals surface area contributed by atoms with E-state index < -0.39 is 12.0 Å². The van der Waals surface area contributed by atoms with Gasteiger partial charge in [-0.15, -0.1) is 5.10 Å². The average molecular weight is 496 g/mol. The molecule has 0 saturated heterocycles. The van der Waals surface area contributed by atoms with Crippen LogP contribution in [-0.4, -0.2) is 32.3 Å². The Balaban J connectivity index is 1.44. The largest absolute Gasteiger partial charge is 0.482 e. The van der Waals surface area contributed by atoms with Crippen LogP contribution < -0.4 is 10.1 Å². The molecule has 0 aliphatic heterocycles. The third-order valence-corrected chi connectivity index (χ3v) is 5.22. The van der Waals surface area contributed by atoms with Gasteiger partial charge >= 0.3 is 12.0 Å². The van der Waals surface area contributed by atoms with Gasteiger partial charge in [0.25, 0.3) is 0 Å². The molecule has 1 amide bonds. The van der Waals surface area contributed by atoms with Crippen molar-refractivity contribution in [3.8, 4) is 5.75 Å². The predicted octanol–water partition coefficient (Wildman–Crippen LogP) is 4.82. The third kappa shape index (κ3) is 6.21. The molecule has 4 aromatic rings.